The summed E-state index contributed by atoms with van der Waals surface area (Å²) in [6, 6.07) is 12.7. The normalized spacial score (nSPS) is 10.9. The number of aromatic nitrogens is 2. The second-order valence-corrected chi connectivity index (χ2v) is 5.95. The van der Waals surface area contributed by atoms with Crippen molar-refractivity contribution in [3.8, 4) is 17.0 Å². The highest BCUT2D eigenvalue weighted by Gasteiger charge is 2.16. The standard InChI is InChI=1S/C19H16ClN3O3/c1-12-11-15(25-2)8-9-16(12)18-19(23-26-22-18)21-17(24)10-5-13-3-6-14(20)7-4-13/h3-11H,1-2H3,(H,21,23,24)/b10-5+. The van der Waals surface area contributed by atoms with Crippen molar-refractivity contribution in [3.63, 3.8) is 0 Å². The topological polar surface area (TPSA) is 77.2 Å². The van der Waals surface area contributed by atoms with Gasteiger partial charge in [0.25, 0.3) is 0 Å². The molecule has 3 aromatic rings. The predicted octanol–water partition coefficient (Wildman–Crippen LogP) is 4.36. The maximum absolute atomic E-state index is 12.2. The van der Waals surface area contributed by atoms with Gasteiger partial charge in [-0.05, 0) is 64.8 Å². The van der Waals surface area contributed by atoms with E-state index < -0.39 is 0 Å². The molecular weight excluding hydrogens is 354 g/mol. The summed E-state index contributed by atoms with van der Waals surface area (Å²) in [7, 11) is 1.60. The van der Waals surface area contributed by atoms with Gasteiger partial charge in [0.2, 0.25) is 11.7 Å². The van der Waals surface area contributed by atoms with E-state index in [4.69, 9.17) is 21.0 Å². The van der Waals surface area contributed by atoms with E-state index in [0.29, 0.717) is 10.7 Å². The van der Waals surface area contributed by atoms with Gasteiger partial charge in [-0.1, -0.05) is 23.7 Å². The third kappa shape index (κ3) is 4.10. The monoisotopic (exact) mass is 369 g/mol. The summed E-state index contributed by atoms with van der Waals surface area (Å²) < 4.78 is 10.0. The van der Waals surface area contributed by atoms with E-state index in [2.05, 4.69) is 15.6 Å². The van der Waals surface area contributed by atoms with Crippen LogP contribution in [0.15, 0.2) is 53.2 Å². The Morgan fingerprint density at radius 3 is 2.65 bits per heavy atom. The van der Waals surface area contributed by atoms with Crippen molar-refractivity contribution in [3.05, 3.63) is 64.7 Å². The minimum absolute atomic E-state index is 0.254. The zero-order valence-corrected chi connectivity index (χ0v) is 14.9. The number of anilines is 1. The van der Waals surface area contributed by atoms with Crippen LogP contribution in [0.25, 0.3) is 17.3 Å². The Kier molecular flexibility index (Phi) is 5.34. The first-order valence-corrected chi connectivity index (χ1v) is 8.17. The molecule has 0 aliphatic heterocycles. The molecule has 0 aliphatic rings. The summed E-state index contributed by atoms with van der Waals surface area (Å²) >= 11 is 5.84. The minimum Gasteiger partial charge on any atom is -0.497 e. The van der Waals surface area contributed by atoms with Crippen LogP contribution in [0.5, 0.6) is 5.75 Å². The SMILES string of the molecule is COc1ccc(-c2nonc2NC(=O)/C=C/c2ccc(Cl)cc2)c(C)c1. The van der Waals surface area contributed by atoms with E-state index in [1.165, 1.54) is 6.08 Å². The van der Waals surface area contributed by atoms with E-state index >= 15 is 0 Å². The van der Waals surface area contributed by atoms with Gasteiger partial charge in [0, 0.05) is 16.7 Å². The average molecular weight is 370 g/mol. The fraction of sp³-hybridized carbons (Fsp3) is 0.105. The molecule has 0 saturated heterocycles. The molecule has 0 spiro atoms. The molecule has 1 amide bonds. The number of carbonyl (C=O) groups is 1. The summed E-state index contributed by atoms with van der Waals surface area (Å²) in [5.74, 6) is 0.645. The first-order chi connectivity index (χ1) is 12.6. The number of methoxy groups -OCH3 is 1. The molecular formula is C19H16ClN3O3. The lowest BCUT2D eigenvalue weighted by Gasteiger charge is -2.06. The number of halogens is 1. The van der Waals surface area contributed by atoms with Crippen molar-refractivity contribution in [1.82, 2.24) is 10.3 Å². The van der Waals surface area contributed by atoms with Gasteiger partial charge >= 0.3 is 0 Å². The highest BCUT2D eigenvalue weighted by molar-refractivity contribution is 6.30. The largest absolute Gasteiger partial charge is 0.497 e. The summed E-state index contributed by atoms with van der Waals surface area (Å²) in [5, 5.41) is 11.0. The molecule has 6 nitrogen and oxygen atoms in total. The van der Waals surface area contributed by atoms with Crippen LogP contribution in [0, 0.1) is 6.92 Å². The van der Waals surface area contributed by atoms with Crippen LogP contribution >= 0.6 is 11.6 Å². The molecule has 0 fully saturated rings. The van der Waals surface area contributed by atoms with Crippen molar-refractivity contribution in [2.75, 3.05) is 12.4 Å². The van der Waals surface area contributed by atoms with Crippen LogP contribution < -0.4 is 10.1 Å². The summed E-state index contributed by atoms with van der Waals surface area (Å²) in [5.41, 5.74) is 3.03. The number of aryl methyl sites for hydroxylation is 1. The Morgan fingerprint density at radius 2 is 1.96 bits per heavy atom. The highest BCUT2D eigenvalue weighted by Crippen LogP contribution is 2.29. The lowest BCUT2D eigenvalue weighted by atomic mass is 10.1. The molecule has 1 heterocycles. The molecule has 3 rings (SSSR count). The molecule has 0 saturated carbocycles. The minimum atomic E-state index is -0.344. The number of rotatable bonds is 5. The Bertz CT molecular complexity index is 949. The van der Waals surface area contributed by atoms with Crippen molar-refractivity contribution in [1.29, 1.82) is 0 Å². The van der Waals surface area contributed by atoms with Crippen LogP contribution in [-0.4, -0.2) is 23.3 Å². The van der Waals surface area contributed by atoms with Crippen LogP contribution in [0.2, 0.25) is 5.02 Å². The fourth-order valence-electron chi connectivity index (χ4n) is 2.38. The maximum Gasteiger partial charge on any atom is 0.249 e. The molecule has 2 aromatic carbocycles. The fourth-order valence-corrected chi connectivity index (χ4v) is 2.51. The van der Waals surface area contributed by atoms with Crippen molar-refractivity contribution in [2.45, 2.75) is 6.92 Å². The summed E-state index contributed by atoms with van der Waals surface area (Å²) in [4.78, 5) is 12.2. The number of amides is 1. The van der Waals surface area contributed by atoms with Gasteiger partial charge in [0.1, 0.15) is 5.75 Å². The number of ether oxygens (including phenoxy) is 1. The number of hydrogen-bond donors (Lipinski definition) is 1. The van der Waals surface area contributed by atoms with Gasteiger partial charge in [0.05, 0.1) is 7.11 Å². The molecule has 1 N–H and O–H groups in total. The van der Waals surface area contributed by atoms with Gasteiger partial charge in [-0.25, -0.2) is 4.63 Å². The van der Waals surface area contributed by atoms with Crippen molar-refractivity contribution < 1.29 is 14.2 Å². The van der Waals surface area contributed by atoms with Crippen LogP contribution in [0.3, 0.4) is 0 Å². The maximum atomic E-state index is 12.2. The molecule has 132 valence electrons. The average Bonchev–Trinajstić information content (AvgIpc) is 3.09. The van der Waals surface area contributed by atoms with Crippen molar-refractivity contribution >= 4 is 29.4 Å². The van der Waals surface area contributed by atoms with Gasteiger partial charge in [-0.2, -0.15) is 0 Å². The Morgan fingerprint density at radius 1 is 1.19 bits per heavy atom. The molecule has 0 atom stereocenters. The second-order valence-electron chi connectivity index (χ2n) is 5.52. The molecule has 1 aromatic heterocycles. The van der Waals surface area contributed by atoms with E-state index in [-0.39, 0.29) is 11.7 Å². The first kappa shape index (κ1) is 17.7. The van der Waals surface area contributed by atoms with E-state index in [0.717, 1.165) is 22.4 Å². The smallest absolute Gasteiger partial charge is 0.249 e. The number of hydrogen-bond acceptors (Lipinski definition) is 5. The van der Waals surface area contributed by atoms with Gasteiger partial charge < -0.3 is 10.1 Å². The third-order valence-corrected chi connectivity index (χ3v) is 3.97. The zero-order chi connectivity index (χ0) is 18.5. The molecule has 7 heteroatoms. The van der Waals surface area contributed by atoms with E-state index in [1.54, 1.807) is 25.3 Å². The second kappa shape index (κ2) is 7.84. The van der Waals surface area contributed by atoms with Crippen molar-refractivity contribution in [2.24, 2.45) is 0 Å². The number of benzene rings is 2. The first-order valence-electron chi connectivity index (χ1n) is 7.79. The quantitative estimate of drug-likeness (QED) is 0.676. The molecule has 0 bridgehead atoms. The lowest BCUT2D eigenvalue weighted by Crippen LogP contribution is -2.09. The molecule has 0 aliphatic carbocycles. The lowest BCUT2D eigenvalue weighted by molar-refractivity contribution is -0.111. The molecule has 0 unspecified atom stereocenters. The zero-order valence-electron chi connectivity index (χ0n) is 14.2. The Balaban J connectivity index is 1.76. The van der Waals surface area contributed by atoms with Crippen LogP contribution in [0.4, 0.5) is 5.82 Å². The highest BCUT2D eigenvalue weighted by atomic mass is 35.5. The van der Waals surface area contributed by atoms with Crippen LogP contribution in [0.1, 0.15) is 11.1 Å². The number of carbonyl (C=O) groups excluding carboxylic acids is 1. The van der Waals surface area contributed by atoms with E-state index in [1.807, 2.05) is 37.3 Å². The number of nitrogens with zero attached hydrogens (tertiary/aromatic N) is 2. The van der Waals surface area contributed by atoms with Gasteiger partial charge in [-0.3, -0.25) is 4.79 Å². The van der Waals surface area contributed by atoms with Gasteiger partial charge in [0.15, 0.2) is 5.69 Å². The summed E-state index contributed by atoms with van der Waals surface area (Å²) in [6.07, 6.45) is 3.08. The Labute approximate surface area is 155 Å². The third-order valence-electron chi connectivity index (χ3n) is 3.72. The number of nitrogens with one attached hydrogen (secondary N) is 1. The van der Waals surface area contributed by atoms with E-state index in [9.17, 15) is 4.79 Å². The molecule has 26 heavy (non-hydrogen) atoms. The van der Waals surface area contributed by atoms with Crippen LogP contribution in [-0.2, 0) is 4.79 Å². The Hall–Kier alpha value is -3.12. The molecule has 0 radical (unpaired) electrons. The predicted molar refractivity (Wildman–Crippen MR) is 100 cm³/mol. The summed E-state index contributed by atoms with van der Waals surface area (Å²) in [6.45, 7) is 1.92. The van der Waals surface area contributed by atoms with Gasteiger partial charge in [-0.15, -0.1) is 0 Å².